The molecule has 0 aromatic rings. The van der Waals surface area contributed by atoms with E-state index in [-0.39, 0.29) is 5.91 Å². The standard InChI is InChI=1S/C10H19N3O2/c1-12(2)10(14)5-8-13-6-3-9(11-15)4-7-13/h15H,3-8H2,1-2H3. The summed E-state index contributed by atoms with van der Waals surface area (Å²) in [5, 5.41) is 11.8. The van der Waals surface area contributed by atoms with E-state index in [0.717, 1.165) is 38.2 Å². The Morgan fingerprint density at radius 2 is 2.07 bits per heavy atom. The molecule has 0 spiro atoms. The van der Waals surface area contributed by atoms with Crippen LogP contribution in [0.25, 0.3) is 0 Å². The van der Waals surface area contributed by atoms with Crippen molar-refractivity contribution in [3.05, 3.63) is 0 Å². The van der Waals surface area contributed by atoms with E-state index in [9.17, 15) is 4.79 Å². The number of rotatable bonds is 3. The average Bonchev–Trinajstić information content (AvgIpc) is 2.26. The molecule has 1 aliphatic heterocycles. The lowest BCUT2D eigenvalue weighted by Crippen LogP contribution is -2.36. The molecule has 1 N–H and O–H groups in total. The molecule has 1 amide bonds. The Morgan fingerprint density at radius 1 is 1.47 bits per heavy atom. The first-order valence-electron chi connectivity index (χ1n) is 5.26. The second-order valence-corrected chi connectivity index (χ2v) is 4.05. The van der Waals surface area contributed by atoms with E-state index in [1.807, 2.05) is 0 Å². The van der Waals surface area contributed by atoms with E-state index in [4.69, 9.17) is 5.21 Å². The molecule has 0 aromatic heterocycles. The zero-order chi connectivity index (χ0) is 11.3. The van der Waals surface area contributed by atoms with Crippen LogP contribution >= 0.6 is 0 Å². The lowest BCUT2D eigenvalue weighted by molar-refractivity contribution is -0.129. The summed E-state index contributed by atoms with van der Waals surface area (Å²) in [6.45, 7) is 2.58. The minimum Gasteiger partial charge on any atom is -0.411 e. The third kappa shape index (κ3) is 3.87. The second kappa shape index (κ2) is 5.70. The predicted molar refractivity (Wildman–Crippen MR) is 58.2 cm³/mol. The summed E-state index contributed by atoms with van der Waals surface area (Å²) >= 11 is 0. The van der Waals surface area contributed by atoms with E-state index in [1.165, 1.54) is 0 Å². The van der Waals surface area contributed by atoms with Crippen molar-refractivity contribution >= 4 is 11.6 Å². The Balaban J connectivity index is 2.22. The zero-order valence-corrected chi connectivity index (χ0v) is 9.44. The molecule has 1 aliphatic rings. The van der Waals surface area contributed by atoms with Gasteiger partial charge in [0, 0.05) is 53.0 Å². The Kier molecular flexibility index (Phi) is 4.55. The van der Waals surface area contributed by atoms with E-state index < -0.39 is 0 Å². The first-order valence-corrected chi connectivity index (χ1v) is 5.26. The van der Waals surface area contributed by atoms with Gasteiger partial charge in [-0.15, -0.1) is 0 Å². The van der Waals surface area contributed by atoms with Crippen LogP contribution in [0.2, 0.25) is 0 Å². The van der Waals surface area contributed by atoms with Crippen molar-refractivity contribution in [1.82, 2.24) is 9.80 Å². The molecule has 0 radical (unpaired) electrons. The van der Waals surface area contributed by atoms with E-state index >= 15 is 0 Å². The van der Waals surface area contributed by atoms with Crippen LogP contribution in [0.5, 0.6) is 0 Å². The van der Waals surface area contributed by atoms with Crippen molar-refractivity contribution in [2.75, 3.05) is 33.7 Å². The van der Waals surface area contributed by atoms with Gasteiger partial charge in [-0.05, 0) is 0 Å². The Labute approximate surface area is 90.3 Å². The minimum atomic E-state index is 0.164. The van der Waals surface area contributed by atoms with Gasteiger partial charge < -0.3 is 15.0 Å². The molecule has 1 heterocycles. The highest BCUT2D eigenvalue weighted by Gasteiger charge is 2.16. The van der Waals surface area contributed by atoms with Gasteiger partial charge in [0.1, 0.15) is 0 Å². The molecule has 1 rings (SSSR count). The van der Waals surface area contributed by atoms with Crippen molar-refractivity contribution in [3.63, 3.8) is 0 Å². The molecule has 1 saturated heterocycles. The average molecular weight is 213 g/mol. The molecular weight excluding hydrogens is 194 g/mol. The van der Waals surface area contributed by atoms with Gasteiger partial charge in [0.2, 0.25) is 5.91 Å². The zero-order valence-electron chi connectivity index (χ0n) is 9.44. The van der Waals surface area contributed by atoms with E-state index in [2.05, 4.69) is 10.1 Å². The second-order valence-electron chi connectivity index (χ2n) is 4.05. The number of likely N-dealkylation sites (tertiary alicyclic amines) is 1. The summed E-state index contributed by atoms with van der Waals surface area (Å²) in [5.41, 5.74) is 0.866. The smallest absolute Gasteiger partial charge is 0.223 e. The third-order valence-corrected chi connectivity index (χ3v) is 2.72. The van der Waals surface area contributed by atoms with E-state index in [1.54, 1.807) is 19.0 Å². The molecule has 15 heavy (non-hydrogen) atoms. The van der Waals surface area contributed by atoms with Crippen molar-refractivity contribution in [1.29, 1.82) is 0 Å². The summed E-state index contributed by atoms with van der Waals surface area (Å²) in [6.07, 6.45) is 2.19. The quantitative estimate of drug-likeness (QED) is 0.545. The van der Waals surface area contributed by atoms with Gasteiger partial charge in [-0.25, -0.2) is 0 Å². The van der Waals surface area contributed by atoms with Crippen molar-refractivity contribution in [3.8, 4) is 0 Å². The van der Waals surface area contributed by atoms with Crippen molar-refractivity contribution in [2.24, 2.45) is 5.16 Å². The van der Waals surface area contributed by atoms with E-state index in [0.29, 0.717) is 6.42 Å². The van der Waals surface area contributed by atoms with Crippen molar-refractivity contribution in [2.45, 2.75) is 19.3 Å². The van der Waals surface area contributed by atoms with Gasteiger partial charge in [-0.1, -0.05) is 5.16 Å². The van der Waals surface area contributed by atoms with Crippen molar-refractivity contribution < 1.29 is 10.0 Å². The van der Waals surface area contributed by atoms with Crippen LogP contribution in [0.15, 0.2) is 5.16 Å². The lowest BCUT2D eigenvalue weighted by atomic mass is 10.1. The Morgan fingerprint density at radius 3 is 2.53 bits per heavy atom. The highest BCUT2D eigenvalue weighted by atomic mass is 16.4. The number of oxime groups is 1. The molecule has 0 aromatic carbocycles. The molecule has 0 atom stereocenters. The highest BCUT2D eigenvalue weighted by molar-refractivity contribution is 5.84. The molecule has 86 valence electrons. The normalized spacial score (nSPS) is 17.6. The van der Waals surface area contributed by atoms with Gasteiger partial charge in [0.05, 0.1) is 5.71 Å². The monoisotopic (exact) mass is 213 g/mol. The fourth-order valence-corrected chi connectivity index (χ4v) is 1.61. The summed E-state index contributed by atoms with van der Waals surface area (Å²) in [7, 11) is 3.55. The largest absolute Gasteiger partial charge is 0.411 e. The van der Waals surface area contributed by atoms with Crippen LogP contribution in [0, 0.1) is 0 Å². The van der Waals surface area contributed by atoms with Crippen LogP contribution in [0.3, 0.4) is 0 Å². The van der Waals surface area contributed by atoms with Crippen LogP contribution < -0.4 is 0 Å². The number of hydrogen-bond acceptors (Lipinski definition) is 4. The SMILES string of the molecule is CN(C)C(=O)CCN1CCC(=NO)CC1. The molecule has 0 aliphatic carbocycles. The van der Waals surface area contributed by atoms with Gasteiger partial charge in [0.25, 0.3) is 0 Å². The molecule has 0 unspecified atom stereocenters. The van der Waals surface area contributed by atoms with Crippen LogP contribution in [-0.2, 0) is 4.79 Å². The van der Waals surface area contributed by atoms with Gasteiger partial charge >= 0.3 is 0 Å². The van der Waals surface area contributed by atoms with Crippen LogP contribution in [-0.4, -0.2) is 60.4 Å². The number of piperidine rings is 1. The predicted octanol–water partition coefficient (Wildman–Crippen LogP) is 0.391. The maximum absolute atomic E-state index is 11.3. The molecule has 5 heteroatoms. The first kappa shape index (κ1) is 12.0. The highest BCUT2D eigenvalue weighted by Crippen LogP contribution is 2.07. The number of carbonyl (C=O) groups is 1. The summed E-state index contributed by atoms with van der Waals surface area (Å²) < 4.78 is 0. The molecule has 0 saturated carbocycles. The molecule has 5 nitrogen and oxygen atoms in total. The van der Waals surface area contributed by atoms with Gasteiger partial charge in [0.15, 0.2) is 0 Å². The molecule has 0 bridgehead atoms. The number of carbonyl (C=O) groups excluding carboxylic acids is 1. The molecule has 1 fully saturated rings. The van der Waals surface area contributed by atoms with Crippen LogP contribution in [0.1, 0.15) is 19.3 Å². The van der Waals surface area contributed by atoms with Gasteiger partial charge in [-0.2, -0.15) is 0 Å². The number of hydrogen-bond donors (Lipinski definition) is 1. The maximum atomic E-state index is 11.3. The topological polar surface area (TPSA) is 56.1 Å². The Bertz CT molecular complexity index is 241. The minimum absolute atomic E-state index is 0.164. The Hall–Kier alpha value is -1.10. The summed E-state index contributed by atoms with van der Waals surface area (Å²) in [6, 6.07) is 0. The summed E-state index contributed by atoms with van der Waals surface area (Å²) in [5.74, 6) is 0.164. The number of nitrogens with zero attached hydrogens (tertiary/aromatic N) is 3. The maximum Gasteiger partial charge on any atom is 0.223 e. The fraction of sp³-hybridized carbons (Fsp3) is 0.800. The third-order valence-electron chi connectivity index (χ3n) is 2.72. The fourth-order valence-electron chi connectivity index (χ4n) is 1.61. The first-order chi connectivity index (χ1) is 7.13. The molecular formula is C10H19N3O2. The van der Waals surface area contributed by atoms with Crippen LogP contribution in [0.4, 0.5) is 0 Å². The summed E-state index contributed by atoms with van der Waals surface area (Å²) in [4.78, 5) is 15.2. The lowest BCUT2D eigenvalue weighted by Gasteiger charge is -2.26. The van der Waals surface area contributed by atoms with Gasteiger partial charge in [-0.3, -0.25) is 4.79 Å². The number of amides is 1.